The monoisotopic (exact) mass is 409 g/mol. The Morgan fingerprint density at radius 1 is 0.931 bits per heavy atom. The number of allylic oxidation sites excluding steroid dienone is 1. The highest BCUT2D eigenvalue weighted by molar-refractivity contribution is 7.92. The van der Waals surface area contributed by atoms with E-state index in [0.717, 1.165) is 5.56 Å². The molecule has 0 heterocycles. The van der Waals surface area contributed by atoms with E-state index in [1.165, 1.54) is 66.7 Å². The maximum absolute atomic E-state index is 12.4. The number of benzene rings is 3. The molecule has 0 saturated carbocycles. The van der Waals surface area contributed by atoms with Gasteiger partial charge in [-0.05, 0) is 67.6 Å². The van der Waals surface area contributed by atoms with Crippen molar-refractivity contribution in [3.05, 3.63) is 89.5 Å². The Bertz CT molecular complexity index is 1160. The van der Waals surface area contributed by atoms with Crippen molar-refractivity contribution >= 4 is 27.6 Å². The van der Waals surface area contributed by atoms with Gasteiger partial charge in [-0.2, -0.15) is 0 Å². The van der Waals surface area contributed by atoms with Crippen molar-refractivity contribution in [2.24, 2.45) is 0 Å². The molecule has 0 unspecified atom stereocenters. The first-order valence-electron chi connectivity index (χ1n) is 8.68. The molecule has 3 N–H and O–H groups in total. The second-order valence-corrected chi connectivity index (χ2v) is 8.12. The van der Waals surface area contributed by atoms with E-state index in [0.29, 0.717) is 16.8 Å². The number of rotatable bonds is 6. The van der Waals surface area contributed by atoms with Crippen molar-refractivity contribution in [2.45, 2.75) is 11.8 Å². The van der Waals surface area contributed by atoms with Crippen molar-refractivity contribution in [1.29, 1.82) is 0 Å². The molecule has 148 valence electrons. The normalized spacial score (nSPS) is 11.5. The SMILES string of the molecule is Cc1ccc(S(=O)(=O)Nc2ccc(C(=O)C=Cc3ccc(O)cc3O)cc2)cc1. The molecule has 3 rings (SSSR count). The lowest BCUT2D eigenvalue weighted by molar-refractivity contribution is 0.104. The number of carbonyl (C=O) groups excluding carboxylic acids is 1. The standard InChI is InChI=1S/C22H19NO5S/c1-15-2-11-20(12-3-15)29(27,28)23-18-8-4-16(5-9-18)21(25)13-7-17-6-10-19(24)14-22(17)26/h2-14,23-24,26H,1H3. The molecular weight excluding hydrogens is 390 g/mol. The van der Waals surface area contributed by atoms with Gasteiger partial charge in [0.2, 0.25) is 0 Å². The number of hydrogen-bond donors (Lipinski definition) is 3. The smallest absolute Gasteiger partial charge is 0.261 e. The van der Waals surface area contributed by atoms with Gasteiger partial charge in [0.15, 0.2) is 5.78 Å². The molecule has 7 heteroatoms. The van der Waals surface area contributed by atoms with Gasteiger partial charge in [0, 0.05) is 22.9 Å². The number of hydrogen-bond acceptors (Lipinski definition) is 5. The second-order valence-electron chi connectivity index (χ2n) is 6.44. The summed E-state index contributed by atoms with van der Waals surface area (Å²) < 4.78 is 27.3. The number of aromatic hydroxyl groups is 2. The van der Waals surface area contributed by atoms with E-state index in [4.69, 9.17) is 0 Å². The van der Waals surface area contributed by atoms with Crippen molar-refractivity contribution in [3.8, 4) is 11.5 Å². The first-order valence-corrected chi connectivity index (χ1v) is 10.2. The molecule has 6 nitrogen and oxygen atoms in total. The van der Waals surface area contributed by atoms with Crippen LogP contribution in [0.5, 0.6) is 11.5 Å². The van der Waals surface area contributed by atoms with Gasteiger partial charge in [-0.3, -0.25) is 9.52 Å². The Kier molecular flexibility index (Phi) is 5.70. The van der Waals surface area contributed by atoms with Crippen molar-refractivity contribution < 1.29 is 23.4 Å². The van der Waals surface area contributed by atoms with Gasteiger partial charge in [0.1, 0.15) is 11.5 Å². The number of nitrogens with one attached hydrogen (secondary N) is 1. The van der Waals surface area contributed by atoms with E-state index in [9.17, 15) is 23.4 Å². The largest absolute Gasteiger partial charge is 0.508 e. The first-order chi connectivity index (χ1) is 13.7. The Labute approximate surface area is 168 Å². The minimum absolute atomic E-state index is 0.0744. The molecule has 0 fully saturated rings. The van der Waals surface area contributed by atoms with E-state index in [1.807, 2.05) is 6.92 Å². The number of phenolic OH excluding ortho intramolecular Hbond substituents is 2. The Morgan fingerprint density at radius 3 is 2.21 bits per heavy atom. The van der Waals surface area contributed by atoms with Gasteiger partial charge in [-0.1, -0.05) is 17.7 Å². The molecule has 0 spiro atoms. The Morgan fingerprint density at radius 2 is 1.59 bits per heavy atom. The quantitative estimate of drug-likeness (QED) is 0.420. The van der Waals surface area contributed by atoms with Crippen LogP contribution >= 0.6 is 0 Å². The summed E-state index contributed by atoms with van der Waals surface area (Å²) in [6.45, 7) is 1.87. The minimum atomic E-state index is -3.71. The molecular formula is C22H19NO5S. The second kappa shape index (κ2) is 8.20. The van der Waals surface area contributed by atoms with E-state index < -0.39 is 10.0 Å². The summed E-state index contributed by atoms with van der Waals surface area (Å²) in [5, 5.41) is 19.0. The summed E-state index contributed by atoms with van der Waals surface area (Å²) in [5.41, 5.74) is 2.04. The van der Waals surface area contributed by atoms with Gasteiger partial charge < -0.3 is 10.2 Å². The fourth-order valence-electron chi connectivity index (χ4n) is 2.57. The zero-order chi connectivity index (χ0) is 21.0. The highest BCUT2D eigenvalue weighted by atomic mass is 32.2. The summed E-state index contributed by atoms with van der Waals surface area (Å²) in [6, 6.07) is 16.6. The number of anilines is 1. The topological polar surface area (TPSA) is 104 Å². The van der Waals surface area contributed by atoms with Crippen LogP contribution in [-0.4, -0.2) is 24.4 Å². The summed E-state index contributed by atoms with van der Waals surface area (Å²) in [6.07, 6.45) is 2.72. The molecule has 0 radical (unpaired) electrons. The van der Waals surface area contributed by atoms with E-state index in [1.54, 1.807) is 12.1 Å². The molecule has 0 bridgehead atoms. The lowest BCUT2D eigenvalue weighted by atomic mass is 10.1. The van der Waals surface area contributed by atoms with Crippen LogP contribution in [0.4, 0.5) is 5.69 Å². The maximum Gasteiger partial charge on any atom is 0.261 e. The molecule has 3 aromatic rings. The van der Waals surface area contributed by atoms with Crippen molar-refractivity contribution in [3.63, 3.8) is 0 Å². The molecule has 0 aliphatic rings. The molecule has 0 saturated heterocycles. The van der Waals surface area contributed by atoms with Gasteiger partial charge in [-0.25, -0.2) is 8.42 Å². The summed E-state index contributed by atoms with van der Waals surface area (Å²) in [4.78, 5) is 12.4. The number of phenols is 2. The lowest BCUT2D eigenvalue weighted by Gasteiger charge is -2.08. The van der Waals surface area contributed by atoms with Gasteiger partial charge >= 0.3 is 0 Å². The number of ketones is 1. The summed E-state index contributed by atoms with van der Waals surface area (Å²) in [7, 11) is -3.71. The van der Waals surface area contributed by atoms with Crippen LogP contribution < -0.4 is 4.72 Å². The van der Waals surface area contributed by atoms with Crippen LogP contribution in [0.2, 0.25) is 0 Å². The fourth-order valence-corrected chi connectivity index (χ4v) is 3.63. The number of sulfonamides is 1. The van der Waals surface area contributed by atoms with Crippen LogP contribution in [0.3, 0.4) is 0 Å². The molecule has 0 aliphatic heterocycles. The lowest BCUT2D eigenvalue weighted by Crippen LogP contribution is -2.13. The molecule has 0 aromatic heterocycles. The first kappa shape index (κ1) is 20.2. The summed E-state index contributed by atoms with van der Waals surface area (Å²) >= 11 is 0. The molecule has 29 heavy (non-hydrogen) atoms. The molecule has 3 aromatic carbocycles. The third kappa shape index (κ3) is 5.03. The van der Waals surface area contributed by atoms with E-state index >= 15 is 0 Å². The van der Waals surface area contributed by atoms with Crippen LogP contribution in [0.15, 0.2) is 77.7 Å². The predicted molar refractivity (Wildman–Crippen MR) is 112 cm³/mol. The molecule has 0 aliphatic carbocycles. The summed E-state index contributed by atoms with van der Waals surface area (Å²) in [5.74, 6) is -0.532. The fraction of sp³-hybridized carbons (Fsp3) is 0.0455. The number of aryl methyl sites for hydroxylation is 1. The van der Waals surface area contributed by atoms with Crippen molar-refractivity contribution in [2.75, 3.05) is 4.72 Å². The molecule has 0 atom stereocenters. The van der Waals surface area contributed by atoms with Gasteiger partial charge in [0.25, 0.3) is 10.0 Å². The number of carbonyl (C=O) groups is 1. The maximum atomic E-state index is 12.4. The van der Waals surface area contributed by atoms with Crippen LogP contribution in [-0.2, 0) is 10.0 Å². The van der Waals surface area contributed by atoms with E-state index in [2.05, 4.69) is 4.72 Å². The van der Waals surface area contributed by atoms with Crippen LogP contribution in [0, 0.1) is 6.92 Å². The third-order valence-corrected chi connectivity index (χ3v) is 5.58. The zero-order valence-electron chi connectivity index (χ0n) is 15.5. The van der Waals surface area contributed by atoms with E-state index in [-0.39, 0.29) is 22.2 Å². The molecule has 0 amide bonds. The van der Waals surface area contributed by atoms with Crippen molar-refractivity contribution in [1.82, 2.24) is 0 Å². The minimum Gasteiger partial charge on any atom is -0.508 e. The Balaban J connectivity index is 1.71. The Hall–Kier alpha value is -3.58. The average molecular weight is 409 g/mol. The third-order valence-electron chi connectivity index (χ3n) is 4.18. The van der Waals surface area contributed by atoms with Gasteiger partial charge in [-0.15, -0.1) is 0 Å². The van der Waals surface area contributed by atoms with Crippen LogP contribution in [0.25, 0.3) is 6.08 Å². The average Bonchev–Trinajstić information content (AvgIpc) is 2.68. The van der Waals surface area contributed by atoms with Crippen LogP contribution in [0.1, 0.15) is 21.5 Å². The highest BCUT2D eigenvalue weighted by Gasteiger charge is 2.14. The zero-order valence-corrected chi connectivity index (χ0v) is 16.3. The van der Waals surface area contributed by atoms with Gasteiger partial charge in [0.05, 0.1) is 4.90 Å². The highest BCUT2D eigenvalue weighted by Crippen LogP contribution is 2.24. The predicted octanol–water partition coefficient (Wildman–Crippen LogP) is 4.10.